The molecule has 0 aliphatic carbocycles. The molecule has 1 heterocycles. The number of fused-ring (bicyclic) bond motifs is 1. The van der Waals surface area contributed by atoms with Crippen LogP contribution in [0.2, 0.25) is 0 Å². The number of nitrogens with zero attached hydrogens (tertiary/aromatic N) is 2. The minimum absolute atomic E-state index is 0.105. The molecule has 2 N–H and O–H groups in total. The van der Waals surface area contributed by atoms with Crippen molar-refractivity contribution >= 4 is 17.3 Å². The molecule has 2 rings (SSSR count). The van der Waals surface area contributed by atoms with Gasteiger partial charge in [0.25, 0.3) is 11.6 Å². The number of carbonyl (C=O) groups is 1. The van der Waals surface area contributed by atoms with Gasteiger partial charge in [-0.2, -0.15) is 0 Å². The monoisotopic (exact) mass is 237 g/mol. The van der Waals surface area contributed by atoms with Gasteiger partial charge in [0.15, 0.2) is 0 Å². The van der Waals surface area contributed by atoms with Gasteiger partial charge in [-0.1, -0.05) is 0 Å². The zero-order valence-corrected chi connectivity index (χ0v) is 9.17. The van der Waals surface area contributed by atoms with Gasteiger partial charge in [0, 0.05) is 7.05 Å². The predicted molar refractivity (Wildman–Crippen MR) is 60.4 cm³/mol. The summed E-state index contributed by atoms with van der Waals surface area (Å²) in [5.74, 6) is -0.422. The molecule has 1 aliphatic rings. The number of primary amides is 1. The summed E-state index contributed by atoms with van der Waals surface area (Å²) in [7, 11) is 1.82. The number of carbonyl (C=O) groups excluding carboxylic acids is 1. The standard InChI is InChI=1S/C10H11N3O4/c1-12-2-3-17-9-5-7(13(15)16)6(10(11)14)4-8(9)12/h4-5H,2-3H2,1H3,(H2,11,14). The molecule has 1 amide bonds. The molecule has 0 saturated heterocycles. The van der Waals surface area contributed by atoms with Crippen molar-refractivity contribution < 1.29 is 14.5 Å². The van der Waals surface area contributed by atoms with Crippen LogP contribution in [0.5, 0.6) is 5.75 Å². The van der Waals surface area contributed by atoms with Crippen molar-refractivity contribution in [3.63, 3.8) is 0 Å². The molecule has 7 nitrogen and oxygen atoms in total. The molecule has 0 atom stereocenters. The third kappa shape index (κ3) is 1.86. The van der Waals surface area contributed by atoms with Crippen LogP contribution in [0.25, 0.3) is 0 Å². The van der Waals surface area contributed by atoms with Crippen LogP contribution in [0.1, 0.15) is 10.4 Å². The van der Waals surface area contributed by atoms with Crippen LogP contribution in [0.3, 0.4) is 0 Å². The van der Waals surface area contributed by atoms with E-state index in [-0.39, 0.29) is 11.3 Å². The van der Waals surface area contributed by atoms with Crippen molar-refractivity contribution in [2.45, 2.75) is 0 Å². The molecule has 0 unspecified atom stereocenters. The van der Waals surface area contributed by atoms with Gasteiger partial charge in [0.2, 0.25) is 0 Å². The van der Waals surface area contributed by atoms with E-state index in [1.807, 2.05) is 11.9 Å². The zero-order chi connectivity index (χ0) is 12.6. The summed E-state index contributed by atoms with van der Waals surface area (Å²) in [6.45, 7) is 1.11. The maximum atomic E-state index is 11.2. The normalized spacial score (nSPS) is 13.8. The quantitative estimate of drug-likeness (QED) is 0.597. The Morgan fingerprint density at radius 1 is 1.59 bits per heavy atom. The number of benzene rings is 1. The SMILES string of the molecule is CN1CCOc2cc([N+](=O)[O-])c(C(N)=O)cc21. The molecule has 0 saturated carbocycles. The van der Waals surface area contributed by atoms with Crippen LogP contribution >= 0.6 is 0 Å². The molecule has 0 radical (unpaired) electrons. The van der Waals surface area contributed by atoms with Crippen LogP contribution in [-0.4, -0.2) is 31.0 Å². The summed E-state index contributed by atoms with van der Waals surface area (Å²) < 4.78 is 5.32. The predicted octanol–water partition coefficient (Wildman–Crippen LogP) is 0.522. The number of hydrogen-bond acceptors (Lipinski definition) is 5. The lowest BCUT2D eigenvalue weighted by molar-refractivity contribution is -0.385. The first-order valence-electron chi connectivity index (χ1n) is 4.97. The molecule has 1 aliphatic heterocycles. The summed E-state index contributed by atoms with van der Waals surface area (Å²) in [5.41, 5.74) is 5.33. The Labute approximate surface area is 96.9 Å². The molecule has 1 aromatic rings. The minimum atomic E-state index is -0.821. The third-order valence-electron chi connectivity index (χ3n) is 2.63. The lowest BCUT2D eigenvalue weighted by Crippen LogP contribution is -2.29. The van der Waals surface area contributed by atoms with Crippen molar-refractivity contribution in [1.82, 2.24) is 0 Å². The highest BCUT2D eigenvalue weighted by Gasteiger charge is 2.25. The Bertz CT molecular complexity index is 501. The van der Waals surface area contributed by atoms with Gasteiger partial charge in [0.05, 0.1) is 23.2 Å². The molecular weight excluding hydrogens is 226 g/mol. The Morgan fingerprint density at radius 3 is 2.88 bits per heavy atom. The summed E-state index contributed by atoms with van der Waals surface area (Å²) in [6, 6.07) is 2.64. The van der Waals surface area contributed by atoms with Crippen molar-refractivity contribution in [3.8, 4) is 5.75 Å². The van der Waals surface area contributed by atoms with Gasteiger partial charge in [0.1, 0.15) is 17.9 Å². The van der Waals surface area contributed by atoms with E-state index in [0.717, 1.165) is 0 Å². The van der Waals surface area contributed by atoms with E-state index >= 15 is 0 Å². The van der Waals surface area contributed by atoms with Crippen LogP contribution < -0.4 is 15.4 Å². The van der Waals surface area contributed by atoms with Gasteiger partial charge >= 0.3 is 0 Å². The van der Waals surface area contributed by atoms with E-state index in [0.29, 0.717) is 24.6 Å². The molecule has 1 aromatic carbocycles. The smallest absolute Gasteiger partial charge is 0.285 e. The Kier molecular flexibility index (Phi) is 2.58. The summed E-state index contributed by atoms with van der Waals surface area (Å²) >= 11 is 0. The number of rotatable bonds is 2. The lowest BCUT2D eigenvalue weighted by Gasteiger charge is -2.27. The molecule has 0 bridgehead atoms. The van der Waals surface area contributed by atoms with Crippen LogP contribution in [0.4, 0.5) is 11.4 Å². The first kappa shape index (κ1) is 11.2. The molecule has 17 heavy (non-hydrogen) atoms. The number of ether oxygens (including phenoxy) is 1. The highest BCUT2D eigenvalue weighted by atomic mass is 16.6. The van der Waals surface area contributed by atoms with Gasteiger partial charge in [-0.05, 0) is 6.07 Å². The number of hydrogen-bond donors (Lipinski definition) is 1. The first-order valence-corrected chi connectivity index (χ1v) is 4.97. The van der Waals surface area contributed by atoms with E-state index in [1.54, 1.807) is 0 Å². The van der Waals surface area contributed by atoms with Crippen molar-refractivity contribution in [2.24, 2.45) is 5.73 Å². The van der Waals surface area contributed by atoms with Crippen molar-refractivity contribution in [3.05, 3.63) is 27.8 Å². The lowest BCUT2D eigenvalue weighted by atomic mass is 10.1. The summed E-state index contributed by atoms with van der Waals surface area (Å²) in [5, 5.41) is 10.8. The number of amides is 1. The molecule has 0 fully saturated rings. The van der Waals surface area contributed by atoms with E-state index in [4.69, 9.17) is 10.5 Å². The molecule has 0 spiro atoms. The van der Waals surface area contributed by atoms with Crippen molar-refractivity contribution in [1.29, 1.82) is 0 Å². The molecule has 0 aromatic heterocycles. The highest BCUT2D eigenvalue weighted by molar-refractivity contribution is 5.98. The first-order chi connectivity index (χ1) is 8.00. The number of nitro groups is 1. The number of anilines is 1. The second kappa shape index (κ2) is 3.93. The maximum Gasteiger partial charge on any atom is 0.285 e. The highest BCUT2D eigenvalue weighted by Crippen LogP contribution is 2.36. The fourth-order valence-electron chi connectivity index (χ4n) is 1.73. The number of likely N-dealkylation sites (N-methyl/N-ethyl adjacent to an activating group) is 1. The molecular formula is C10H11N3O4. The third-order valence-corrected chi connectivity index (χ3v) is 2.63. The topological polar surface area (TPSA) is 98.7 Å². The van der Waals surface area contributed by atoms with E-state index < -0.39 is 10.8 Å². The number of nitrogens with two attached hydrogens (primary N) is 1. The van der Waals surface area contributed by atoms with Gasteiger partial charge in [-0.15, -0.1) is 0 Å². The largest absolute Gasteiger partial charge is 0.489 e. The Morgan fingerprint density at radius 2 is 2.29 bits per heavy atom. The fraction of sp³-hybridized carbons (Fsp3) is 0.300. The van der Waals surface area contributed by atoms with Crippen LogP contribution in [0.15, 0.2) is 12.1 Å². The minimum Gasteiger partial charge on any atom is -0.489 e. The van der Waals surface area contributed by atoms with Crippen molar-refractivity contribution in [2.75, 3.05) is 25.1 Å². The second-order valence-corrected chi connectivity index (χ2v) is 3.73. The molecule has 90 valence electrons. The van der Waals surface area contributed by atoms with E-state index in [9.17, 15) is 14.9 Å². The maximum absolute atomic E-state index is 11.2. The van der Waals surface area contributed by atoms with E-state index in [2.05, 4.69) is 0 Å². The van der Waals surface area contributed by atoms with Gasteiger partial charge < -0.3 is 15.4 Å². The average molecular weight is 237 g/mol. The summed E-state index contributed by atoms with van der Waals surface area (Å²) in [4.78, 5) is 23.2. The van der Waals surface area contributed by atoms with Crippen LogP contribution in [0, 0.1) is 10.1 Å². The van der Waals surface area contributed by atoms with E-state index in [1.165, 1.54) is 12.1 Å². The molecule has 7 heteroatoms. The summed E-state index contributed by atoms with van der Waals surface area (Å²) in [6.07, 6.45) is 0. The van der Waals surface area contributed by atoms with Gasteiger partial charge in [-0.25, -0.2) is 0 Å². The number of nitro benzene ring substituents is 1. The fourth-order valence-corrected chi connectivity index (χ4v) is 1.73. The second-order valence-electron chi connectivity index (χ2n) is 3.73. The Balaban J connectivity index is 2.63. The van der Waals surface area contributed by atoms with Crippen LogP contribution in [-0.2, 0) is 0 Å². The Hall–Kier alpha value is -2.31. The average Bonchev–Trinajstić information content (AvgIpc) is 2.27. The van der Waals surface area contributed by atoms with Gasteiger partial charge in [-0.3, -0.25) is 14.9 Å². The zero-order valence-electron chi connectivity index (χ0n) is 9.17.